The van der Waals surface area contributed by atoms with Crippen molar-refractivity contribution in [2.45, 2.75) is 26.8 Å². The van der Waals surface area contributed by atoms with Crippen molar-refractivity contribution in [2.24, 2.45) is 5.92 Å². The van der Waals surface area contributed by atoms with Crippen LogP contribution >= 0.6 is 11.6 Å². The lowest BCUT2D eigenvalue weighted by Gasteiger charge is -2.15. The summed E-state index contributed by atoms with van der Waals surface area (Å²) in [5.74, 6) is 0.468. The Morgan fingerprint density at radius 1 is 1.14 bits per heavy atom. The first-order valence-corrected chi connectivity index (χ1v) is 7.37. The van der Waals surface area contributed by atoms with Crippen LogP contribution in [-0.4, -0.2) is 9.81 Å². The zero-order chi connectivity index (χ0) is 15.4. The Morgan fingerprint density at radius 3 is 2.38 bits per heavy atom. The maximum Gasteiger partial charge on any atom is 0.263 e. The predicted molar refractivity (Wildman–Crippen MR) is 85.8 cm³/mol. The molecule has 1 heterocycles. The van der Waals surface area contributed by atoms with E-state index in [1.54, 1.807) is 10.6 Å². The molecule has 0 N–H and O–H groups in total. The summed E-state index contributed by atoms with van der Waals surface area (Å²) in [6, 6.07) is 13.0. The maximum atomic E-state index is 12.5. The summed E-state index contributed by atoms with van der Waals surface area (Å²) in [7, 11) is 0. The molecule has 4 heteroatoms. The molecular formula is C17H18ClNO2. The lowest BCUT2D eigenvalue weighted by atomic mass is 10.1. The van der Waals surface area contributed by atoms with Crippen molar-refractivity contribution in [1.29, 1.82) is 0 Å². The number of carbonyl (C=O) groups excluding carboxylic acids is 1. The van der Waals surface area contributed by atoms with E-state index in [0.29, 0.717) is 12.5 Å². The number of aromatic nitrogens is 1. The third-order valence-electron chi connectivity index (χ3n) is 3.39. The lowest BCUT2D eigenvalue weighted by molar-refractivity contribution is 0.107. The van der Waals surface area contributed by atoms with Gasteiger partial charge in [-0.05, 0) is 41.6 Å². The van der Waals surface area contributed by atoms with Crippen molar-refractivity contribution >= 4 is 16.8 Å². The Balaban J connectivity index is 2.57. The molecule has 0 spiro atoms. The van der Waals surface area contributed by atoms with E-state index >= 15 is 0 Å². The van der Waals surface area contributed by atoms with Crippen molar-refractivity contribution in [2.75, 3.05) is 0 Å². The van der Waals surface area contributed by atoms with E-state index < -0.39 is 5.24 Å². The molecule has 0 aliphatic rings. The predicted octanol–water partition coefficient (Wildman–Crippen LogP) is 3.94. The van der Waals surface area contributed by atoms with Gasteiger partial charge < -0.3 is 4.57 Å². The number of hydrogen-bond donors (Lipinski definition) is 0. The van der Waals surface area contributed by atoms with Crippen LogP contribution in [0.25, 0.3) is 11.3 Å². The van der Waals surface area contributed by atoms with Gasteiger partial charge in [-0.25, -0.2) is 0 Å². The molecule has 110 valence electrons. The van der Waals surface area contributed by atoms with Crippen LogP contribution in [-0.2, 0) is 6.54 Å². The van der Waals surface area contributed by atoms with Gasteiger partial charge in [0.15, 0.2) is 0 Å². The number of carbonyl (C=O) groups is 1. The highest BCUT2D eigenvalue weighted by molar-refractivity contribution is 6.67. The molecule has 1 aromatic heterocycles. The van der Waals surface area contributed by atoms with E-state index in [2.05, 4.69) is 13.8 Å². The average molecular weight is 304 g/mol. The molecule has 0 aliphatic carbocycles. The smallest absolute Gasteiger partial charge is 0.263 e. The fraction of sp³-hybridized carbons (Fsp3) is 0.294. The second kappa shape index (κ2) is 6.72. The highest BCUT2D eigenvalue weighted by Gasteiger charge is 2.14. The van der Waals surface area contributed by atoms with Crippen LogP contribution in [0.1, 0.15) is 30.6 Å². The molecular weight excluding hydrogens is 286 g/mol. The summed E-state index contributed by atoms with van der Waals surface area (Å²) >= 11 is 5.49. The average Bonchev–Trinajstić information content (AvgIpc) is 2.46. The molecule has 1 aromatic carbocycles. The van der Waals surface area contributed by atoms with Gasteiger partial charge in [-0.15, -0.1) is 0 Å². The molecule has 0 radical (unpaired) electrons. The fourth-order valence-corrected chi connectivity index (χ4v) is 2.34. The Kier molecular flexibility index (Phi) is 4.97. The minimum Gasteiger partial charge on any atom is -0.308 e. The van der Waals surface area contributed by atoms with Gasteiger partial charge in [0, 0.05) is 6.54 Å². The highest BCUT2D eigenvalue weighted by atomic mass is 35.5. The van der Waals surface area contributed by atoms with Gasteiger partial charge >= 0.3 is 0 Å². The highest BCUT2D eigenvalue weighted by Crippen LogP contribution is 2.19. The number of nitrogens with zero attached hydrogens (tertiary/aromatic N) is 1. The van der Waals surface area contributed by atoms with Crippen LogP contribution in [0.4, 0.5) is 0 Å². The second-order valence-electron chi connectivity index (χ2n) is 5.41. The van der Waals surface area contributed by atoms with Gasteiger partial charge in [0.05, 0.1) is 11.3 Å². The molecule has 0 saturated heterocycles. The first kappa shape index (κ1) is 15.5. The van der Waals surface area contributed by atoms with Gasteiger partial charge in [0.25, 0.3) is 10.8 Å². The summed E-state index contributed by atoms with van der Waals surface area (Å²) in [5, 5.41) is -0.710. The van der Waals surface area contributed by atoms with Gasteiger partial charge in [0.1, 0.15) is 0 Å². The van der Waals surface area contributed by atoms with Gasteiger partial charge in [0.2, 0.25) is 0 Å². The molecule has 0 saturated carbocycles. The van der Waals surface area contributed by atoms with Crippen LogP contribution < -0.4 is 5.56 Å². The van der Waals surface area contributed by atoms with Crippen molar-refractivity contribution in [3.8, 4) is 11.3 Å². The number of benzene rings is 1. The Labute approximate surface area is 129 Å². The van der Waals surface area contributed by atoms with E-state index in [9.17, 15) is 9.59 Å². The van der Waals surface area contributed by atoms with Crippen LogP contribution in [0.3, 0.4) is 0 Å². The maximum absolute atomic E-state index is 12.5. The molecule has 0 fully saturated rings. The lowest BCUT2D eigenvalue weighted by Crippen LogP contribution is -2.27. The standard InChI is InChI=1S/C17H18ClNO2/c1-12(2)10-11-19-15(13-6-4-3-5-7-13)9-8-14(16(18)20)17(19)21/h3-9,12H,10-11H2,1-2H3. The number of rotatable bonds is 5. The Morgan fingerprint density at radius 2 is 1.81 bits per heavy atom. The zero-order valence-electron chi connectivity index (χ0n) is 12.2. The fourth-order valence-electron chi connectivity index (χ4n) is 2.20. The molecule has 21 heavy (non-hydrogen) atoms. The number of pyridine rings is 1. The van der Waals surface area contributed by atoms with Crippen molar-refractivity contribution in [3.63, 3.8) is 0 Å². The molecule has 0 aliphatic heterocycles. The Bertz CT molecular complexity index is 690. The van der Waals surface area contributed by atoms with Crippen LogP contribution in [0.5, 0.6) is 0 Å². The summed E-state index contributed by atoms with van der Waals surface area (Å²) in [4.78, 5) is 23.8. The normalized spacial score (nSPS) is 10.9. The number of hydrogen-bond acceptors (Lipinski definition) is 2. The molecule has 2 aromatic rings. The third-order valence-corrected chi connectivity index (χ3v) is 3.59. The molecule has 2 rings (SSSR count). The third kappa shape index (κ3) is 3.61. The summed E-state index contributed by atoms with van der Waals surface area (Å²) in [6.45, 7) is 4.77. The van der Waals surface area contributed by atoms with Gasteiger partial charge in [-0.2, -0.15) is 0 Å². The number of halogens is 1. The van der Waals surface area contributed by atoms with E-state index in [-0.39, 0.29) is 11.1 Å². The summed E-state index contributed by atoms with van der Waals surface area (Å²) in [6.07, 6.45) is 0.861. The first-order valence-electron chi connectivity index (χ1n) is 6.99. The summed E-state index contributed by atoms with van der Waals surface area (Å²) < 4.78 is 1.64. The van der Waals surface area contributed by atoms with E-state index in [4.69, 9.17) is 11.6 Å². The van der Waals surface area contributed by atoms with Crippen molar-refractivity contribution in [1.82, 2.24) is 4.57 Å². The zero-order valence-corrected chi connectivity index (χ0v) is 12.9. The van der Waals surface area contributed by atoms with Gasteiger partial charge in [-0.1, -0.05) is 44.2 Å². The van der Waals surface area contributed by atoms with Crippen LogP contribution in [0, 0.1) is 5.92 Å². The largest absolute Gasteiger partial charge is 0.308 e. The minimum atomic E-state index is -0.710. The van der Waals surface area contributed by atoms with E-state index in [0.717, 1.165) is 17.7 Å². The first-order chi connectivity index (χ1) is 10.0. The SMILES string of the molecule is CC(C)CCn1c(-c2ccccc2)ccc(C(=O)Cl)c1=O. The molecule has 0 bridgehead atoms. The summed E-state index contributed by atoms with van der Waals surface area (Å²) in [5.41, 5.74) is 1.46. The second-order valence-corrected chi connectivity index (χ2v) is 5.75. The van der Waals surface area contributed by atoms with Crippen LogP contribution in [0.2, 0.25) is 0 Å². The quantitative estimate of drug-likeness (QED) is 0.785. The molecule has 3 nitrogen and oxygen atoms in total. The topological polar surface area (TPSA) is 39.1 Å². The van der Waals surface area contributed by atoms with Crippen molar-refractivity contribution in [3.05, 3.63) is 58.4 Å². The van der Waals surface area contributed by atoms with Crippen LogP contribution in [0.15, 0.2) is 47.3 Å². The van der Waals surface area contributed by atoms with Crippen molar-refractivity contribution < 1.29 is 4.79 Å². The monoisotopic (exact) mass is 303 g/mol. The van der Waals surface area contributed by atoms with E-state index in [1.165, 1.54) is 6.07 Å². The van der Waals surface area contributed by atoms with E-state index in [1.807, 2.05) is 30.3 Å². The minimum absolute atomic E-state index is 0.0279. The van der Waals surface area contributed by atoms with Gasteiger partial charge in [-0.3, -0.25) is 9.59 Å². The Hall–Kier alpha value is -1.87. The molecule has 0 amide bonds. The molecule has 0 atom stereocenters. The molecule has 0 unspecified atom stereocenters.